The number of rotatable bonds is 23. The number of hydrogen-bond donors (Lipinski definition) is 0. The van der Waals surface area contributed by atoms with Gasteiger partial charge in [-0.15, -0.1) is 11.8 Å². The Morgan fingerprint density at radius 3 is 1.48 bits per heavy atom. The fourth-order valence-corrected chi connectivity index (χ4v) is 21.5. The van der Waals surface area contributed by atoms with Crippen molar-refractivity contribution in [1.29, 1.82) is 0 Å². The van der Waals surface area contributed by atoms with E-state index >= 15 is 0 Å². The molecular weight excluding hydrogens is 704 g/mol. The molecule has 48 heavy (non-hydrogen) atoms. The zero-order valence-corrected chi connectivity index (χ0v) is 38.2. The van der Waals surface area contributed by atoms with Crippen molar-refractivity contribution in [3.8, 4) is 0 Å². The lowest BCUT2D eigenvalue weighted by Crippen LogP contribution is -2.71. The lowest BCUT2D eigenvalue weighted by atomic mass is 9.77. The van der Waals surface area contributed by atoms with E-state index in [2.05, 4.69) is 106 Å². The summed E-state index contributed by atoms with van der Waals surface area (Å²) in [5.74, 6) is 0. The van der Waals surface area contributed by atoms with Crippen molar-refractivity contribution in [1.82, 2.24) is 0 Å². The van der Waals surface area contributed by atoms with Gasteiger partial charge < -0.3 is 13.3 Å². The molecule has 0 spiro atoms. The lowest BCUT2D eigenvalue weighted by molar-refractivity contribution is -0.0383. The topological polar surface area (TPSA) is 27.7 Å². The molecule has 1 atom stereocenters. The predicted octanol–water partition coefficient (Wildman–Crippen LogP) is 12.7. The summed E-state index contributed by atoms with van der Waals surface area (Å²) < 4.78 is 23.3. The summed E-state index contributed by atoms with van der Waals surface area (Å²) in [6.07, 6.45) is 11.1. The van der Waals surface area contributed by atoms with Crippen LogP contribution in [-0.4, -0.2) is 48.4 Å². The molecule has 0 heterocycles. The molecule has 274 valence electrons. The molecule has 0 aliphatic carbocycles. The fraction of sp³-hybridized carbons (Fsp3) is 0.692. The van der Waals surface area contributed by atoms with Crippen molar-refractivity contribution in [2.24, 2.45) is 0 Å². The highest BCUT2D eigenvalue weighted by Gasteiger charge is 2.62. The molecule has 2 rings (SSSR count). The Morgan fingerprint density at radius 1 is 0.667 bits per heavy atom. The van der Waals surface area contributed by atoms with E-state index < -0.39 is 31.6 Å². The van der Waals surface area contributed by atoms with E-state index in [1.807, 2.05) is 36.0 Å². The Kier molecular flexibility index (Phi) is 17.5. The van der Waals surface area contributed by atoms with Gasteiger partial charge in [0.05, 0.1) is 10.8 Å². The van der Waals surface area contributed by atoms with Crippen LogP contribution < -0.4 is 0 Å². The van der Waals surface area contributed by atoms with E-state index in [0.29, 0.717) is 0 Å². The molecule has 0 aliphatic rings. The molecule has 9 heteroatoms. The van der Waals surface area contributed by atoms with Crippen molar-refractivity contribution in [3.05, 3.63) is 69.7 Å². The summed E-state index contributed by atoms with van der Waals surface area (Å²) >= 11 is 16.0. The van der Waals surface area contributed by atoms with E-state index in [4.69, 9.17) is 36.5 Å². The second-order valence-corrected chi connectivity index (χ2v) is 26.9. The minimum absolute atomic E-state index is 0.0534. The Bertz CT molecular complexity index is 1190. The van der Waals surface area contributed by atoms with Gasteiger partial charge in [-0.1, -0.05) is 121 Å². The quantitative estimate of drug-likeness (QED) is 0.0831. The molecule has 0 N–H and O–H groups in total. The highest BCUT2D eigenvalue weighted by atomic mass is 35.5. The second kappa shape index (κ2) is 19.1. The number of hydrogen-bond acceptors (Lipinski definition) is 4. The van der Waals surface area contributed by atoms with Gasteiger partial charge in [-0.05, 0) is 113 Å². The highest BCUT2D eigenvalue weighted by Crippen LogP contribution is 2.56. The SMILES string of the molecule is CCCC(CC)([SiH2]OC(CC)(CC)SC)C(CC)(CC)O[Si](Cc1ccccc1Cl)(Cc1ccccc1Cl)C(CC)(CC)O[Si](C)(C)C. The lowest BCUT2D eigenvalue weighted by Gasteiger charge is -2.59. The Morgan fingerprint density at radius 2 is 1.15 bits per heavy atom. The standard InChI is InChI=1S/C39H68Cl2O3SSi3/c1-13-29-37(16-4,46-42-38(17-5,18-6)45-9)36(14-2,15-3)43-48(30-32-25-21-23-27-34(32)40,31-33-26-22-24-28-35(33)41)39(19-7,20-8)44-47(10,11)12/h21-28H,13-20,29-31,46H2,1-12H3. The molecule has 2 aromatic carbocycles. The van der Waals surface area contributed by atoms with Crippen LogP contribution in [0, 0.1) is 0 Å². The van der Waals surface area contributed by atoms with Crippen LogP contribution in [0.15, 0.2) is 48.5 Å². The van der Waals surface area contributed by atoms with Gasteiger partial charge in [0.25, 0.3) is 0 Å². The smallest absolute Gasteiger partial charge is 0.232 e. The largest absolute Gasteiger partial charge is 0.412 e. The molecule has 0 saturated carbocycles. The maximum atomic E-state index is 8.48. The average Bonchev–Trinajstić information content (AvgIpc) is 3.08. The highest BCUT2D eigenvalue weighted by molar-refractivity contribution is 7.99. The third-order valence-corrected chi connectivity index (χ3v) is 22.8. The van der Waals surface area contributed by atoms with E-state index in [1.54, 1.807) is 0 Å². The van der Waals surface area contributed by atoms with Crippen LogP contribution in [0.2, 0.25) is 34.7 Å². The first kappa shape index (κ1) is 44.1. The molecule has 0 amide bonds. The maximum Gasteiger partial charge on any atom is 0.232 e. The predicted molar refractivity (Wildman–Crippen MR) is 223 cm³/mol. The zero-order chi connectivity index (χ0) is 36.3. The Hall–Kier alpha value is -0.0994. The van der Waals surface area contributed by atoms with Crippen molar-refractivity contribution in [3.63, 3.8) is 0 Å². The molecule has 3 nitrogen and oxygen atoms in total. The molecule has 0 aliphatic heterocycles. The van der Waals surface area contributed by atoms with E-state index in [0.717, 1.165) is 91.0 Å². The van der Waals surface area contributed by atoms with Crippen LogP contribution >= 0.6 is 35.0 Å². The van der Waals surface area contributed by atoms with Crippen molar-refractivity contribution < 1.29 is 13.3 Å². The summed E-state index contributed by atoms with van der Waals surface area (Å²) in [6.45, 7) is 25.6. The van der Waals surface area contributed by atoms with Crippen molar-refractivity contribution >= 4 is 61.4 Å². The Balaban J connectivity index is 3.09. The van der Waals surface area contributed by atoms with Crippen molar-refractivity contribution in [2.45, 2.75) is 166 Å². The first-order valence-electron chi connectivity index (χ1n) is 18.7. The van der Waals surface area contributed by atoms with Crippen LogP contribution in [-0.2, 0) is 25.4 Å². The third-order valence-electron chi connectivity index (χ3n) is 11.3. The monoisotopic (exact) mass is 770 g/mol. The number of thioether (sulfide) groups is 1. The van der Waals surface area contributed by atoms with Crippen LogP contribution in [0.5, 0.6) is 0 Å². The summed E-state index contributed by atoms with van der Waals surface area (Å²) in [4.78, 5) is -0.144. The molecular formula is C39H68Cl2O3SSi3. The summed E-state index contributed by atoms with van der Waals surface area (Å²) in [5, 5.41) is 1.10. The number of halogens is 2. The van der Waals surface area contributed by atoms with Gasteiger partial charge >= 0.3 is 0 Å². The minimum Gasteiger partial charge on any atom is -0.412 e. The molecule has 1 unspecified atom stereocenters. The van der Waals surface area contributed by atoms with Gasteiger partial charge in [-0.2, -0.15) is 0 Å². The molecule has 0 saturated heterocycles. The average molecular weight is 772 g/mol. The second-order valence-electron chi connectivity index (χ2n) is 14.7. The van der Waals surface area contributed by atoms with Crippen LogP contribution in [0.3, 0.4) is 0 Å². The first-order chi connectivity index (χ1) is 22.6. The minimum atomic E-state index is -3.06. The number of benzene rings is 2. The van der Waals surface area contributed by atoms with Gasteiger partial charge in [0.2, 0.25) is 8.32 Å². The first-order valence-corrected chi connectivity index (χ1v) is 27.7. The van der Waals surface area contributed by atoms with Gasteiger partial charge in [0.1, 0.15) is 4.93 Å². The van der Waals surface area contributed by atoms with Crippen LogP contribution in [0.4, 0.5) is 0 Å². The molecule has 0 bridgehead atoms. The maximum absolute atomic E-state index is 8.48. The zero-order valence-electron chi connectivity index (χ0n) is 32.5. The van der Waals surface area contributed by atoms with Gasteiger partial charge in [-0.25, -0.2) is 0 Å². The van der Waals surface area contributed by atoms with Gasteiger partial charge in [-0.3, -0.25) is 0 Å². The summed E-state index contributed by atoms with van der Waals surface area (Å²) in [5.41, 5.74) is 1.91. The normalized spacial score (nSPS) is 15.0. The van der Waals surface area contributed by atoms with Gasteiger partial charge in [0, 0.05) is 15.1 Å². The van der Waals surface area contributed by atoms with Crippen LogP contribution in [0.25, 0.3) is 0 Å². The molecule has 0 fully saturated rings. The van der Waals surface area contributed by atoms with Crippen LogP contribution in [0.1, 0.15) is 124 Å². The molecule has 0 aromatic heterocycles. The van der Waals surface area contributed by atoms with Crippen molar-refractivity contribution in [2.75, 3.05) is 6.26 Å². The summed E-state index contributed by atoms with van der Waals surface area (Å²) in [7, 11) is -6.19. The van der Waals surface area contributed by atoms with E-state index in [-0.39, 0.29) is 15.6 Å². The van der Waals surface area contributed by atoms with Gasteiger partial charge in [0.15, 0.2) is 18.1 Å². The Labute approximate surface area is 314 Å². The molecule has 2 aromatic rings. The van der Waals surface area contributed by atoms with E-state index in [1.165, 1.54) is 0 Å². The fourth-order valence-electron chi connectivity index (χ4n) is 8.38. The molecule has 0 radical (unpaired) electrons. The summed E-state index contributed by atoms with van der Waals surface area (Å²) in [6, 6.07) is 18.3. The van der Waals surface area contributed by atoms with E-state index in [9.17, 15) is 0 Å². The third kappa shape index (κ3) is 9.86.